The molecule has 0 saturated carbocycles. The van der Waals surface area contributed by atoms with Crippen molar-refractivity contribution < 1.29 is 13.2 Å². The Balaban J connectivity index is 2.05. The van der Waals surface area contributed by atoms with Gasteiger partial charge in [0.25, 0.3) is 0 Å². The largest absolute Gasteiger partial charge is 0.390 e. The van der Waals surface area contributed by atoms with Crippen LogP contribution in [-0.4, -0.2) is 23.7 Å². The number of alkyl halides is 3. The van der Waals surface area contributed by atoms with Gasteiger partial charge in [0.2, 0.25) is 0 Å². The Kier molecular flexibility index (Phi) is 5.16. The maximum atomic E-state index is 12.7. The van der Waals surface area contributed by atoms with Gasteiger partial charge in [0.05, 0.1) is 6.42 Å². The van der Waals surface area contributed by atoms with E-state index in [-0.39, 0.29) is 6.04 Å². The fraction of sp³-hybridized carbons (Fsp3) is 0.571. The first-order valence-corrected chi connectivity index (χ1v) is 7.65. The van der Waals surface area contributed by atoms with Gasteiger partial charge in [-0.3, -0.25) is 0 Å². The lowest BCUT2D eigenvalue weighted by molar-refractivity contribution is -0.140. The van der Waals surface area contributed by atoms with E-state index in [1.165, 1.54) is 0 Å². The number of nitrogens with one attached hydrogen (secondary N) is 1. The summed E-state index contributed by atoms with van der Waals surface area (Å²) < 4.78 is 38.1. The lowest BCUT2D eigenvalue weighted by atomic mass is 10.0. The van der Waals surface area contributed by atoms with E-state index in [1.807, 2.05) is 17.8 Å². The molecule has 1 aromatic carbocycles. The summed E-state index contributed by atoms with van der Waals surface area (Å²) in [6.07, 6.45) is -2.91. The number of hydrogen-bond donors (Lipinski definition) is 1. The maximum absolute atomic E-state index is 12.7. The molecule has 2 unspecified atom stereocenters. The summed E-state index contributed by atoms with van der Waals surface area (Å²) in [7, 11) is 0. The lowest BCUT2D eigenvalue weighted by Gasteiger charge is -2.29. The highest BCUT2D eigenvalue weighted by Crippen LogP contribution is 2.31. The Hall–Kier alpha value is -0.680. The molecule has 1 heterocycles. The van der Waals surface area contributed by atoms with E-state index in [9.17, 15) is 13.2 Å². The highest BCUT2D eigenvalue weighted by Gasteiger charge is 2.33. The van der Waals surface area contributed by atoms with Gasteiger partial charge in [0, 0.05) is 17.8 Å². The SMILES string of the molecule is FC(F)(F)CC(NC1CCCSC1)c1ccccc1. The first kappa shape index (κ1) is 14.7. The second-order valence-corrected chi connectivity index (χ2v) is 6.01. The molecule has 106 valence electrons. The lowest BCUT2D eigenvalue weighted by Crippen LogP contribution is -2.38. The third-order valence-corrected chi connectivity index (χ3v) is 4.45. The summed E-state index contributed by atoms with van der Waals surface area (Å²) in [5.41, 5.74) is 0.718. The normalized spacial score (nSPS) is 22.2. The van der Waals surface area contributed by atoms with Crippen molar-refractivity contribution in [1.82, 2.24) is 5.32 Å². The fourth-order valence-corrected chi connectivity index (χ4v) is 3.43. The van der Waals surface area contributed by atoms with Crippen molar-refractivity contribution in [3.63, 3.8) is 0 Å². The van der Waals surface area contributed by atoms with Crippen molar-refractivity contribution >= 4 is 11.8 Å². The second-order valence-electron chi connectivity index (χ2n) is 4.86. The summed E-state index contributed by atoms with van der Waals surface area (Å²) in [6, 6.07) is 8.48. The third-order valence-electron chi connectivity index (χ3n) is 3.23. The molecule has 0 bridgehead atoms. The van der Waals surface area contributed by atoms with E-state index in [0.29, 0.717) is 0 Å². The van der Waals surface area contributed by atoms with Crippen LogP contribution in [0.25, 0.3) is 0 Å². The number of hydrogen-bond acceptors (Lipinski definition) is 2. The van der Waals surface area contributed by atoms with Crippen molar-refractivity contribution in [3.8, 4) is 0 Å². The number of halogens is 3. The van der Waals surface area contributed by atoms with Gasteiger partial charge in [-0.15, -0.1) is 0 Å². The van der Waals surface area contributed by atoms with E-state index < -0.39 is 18.6 Å². The minimum Gasteiger partial charge on any atom is -0.306 e. The number of thioether (sulfide) groups is 1. The van der Waals surface area contributed by atoms with Crippen LogP contribution in [0.4, 0.5) is 13.2 Å². The topological polar surface area (TPSA) is 12.0 Å². The Labute approximate surface area is 116 Å². The minimum absolute atomic E-state index is 0.186. The quantitative estimate of drug-likeness (QED) is 0.893. The summed E-state index contributed by atoms with van der Waals surface area (Å²) in [5, 5.41) is 3.19. The van der Waals surface area contributed by atoms with Gasteiger partial charge in [0.1, 0.15) is 0 Å². The molecule has 1 fully saturated rings. The molecule has 2 rings (SSSR count). The van der Waals surface area contributed by atoms with Crippen LogP contribution < -0.4 is 5.32 Å². The van der Waals surface area contributed by atoms with Crippen LogP contribution in [0.1, 0.15) is 30.9 Å². The molecule has 0 radical (unpaired) electrons. The van der Waals surface area contributed by atoms with E-state index >= 15 is 0 Å². The second kappa shape index (κ2) is 6.66. The fourth-order valence-electron chi connectivity index (χ4n) is 2.35. The molecule has 1 aliphatic rings. The molecule has 1 N–H and O–H groups in total. The Bertz CT molecular complexity index is 374. The zero-order valence-corrected chi connectivity index (χ0v) is 11.4. The molecule has 1 aromatic rings. The average molecular weight is 289 g/mol. The molecule has 0 aromatic heterocycles. The summed E-state index contributed by atoms with van der Waals surface area (Å²) >= 11 is 1.81. The zero-order valence-electron chi connectivity index (χ0n) is 10.6. The van der Waals surface area contributed by atoms with Crippen LogP contribution in [0.5, 0.6) is 0 Å². The summed E-state index contributed by atoms with van der Waals surface area (Å²) in [4.78, 5) is 0. The first-order valence-electron chi connectivity index (χ1n) is 6.50. The van der Waals surface area contributed by atoms with Gasteiger partial charge in [-0.2, -0.15) is 24.9 Å². The maximum Gasteiger partial charge on any atom is 0.390 e. The van der Waals surface area contributed by atoms with Gasteiger partial charge < -0.3 is 5.32 Å². The van der Waals surface area contributed by atoms with Crippen LogP contribution in [0, 0.1) is 0 Å². The molecule has 1 nitrogen and oxygen atoms in total. The predicted octanol–water partition coefficient (Wildman–Crippen LogP) is 4.17. The first-order chi connectivity index (χ1) is 9.04. The van der Waals surface area contributed by atoms with Crippen LogP contribution >= 0.6 is 11.8 Å². The molecule has 1 saturated heterocycles. The Morgan fingerprint density at radius 1 is 1.26 bits per heavy atom. The molecule has 5 heteroatoms. The number of benzene rings is 1. The monoisotopic (exact) mass is 289 g/mol. The van der Waals surface area contributed by atoms with Gasteiger partial charge in [-0.25, -0.2) is 0 Å². The third kappa shape index (κ3) is 5.07. The van der Waals surface area contributed by atoms with Crippen molar-refractivity contribution in [2.45, 2.75) is 37.5 Å². The van der Waals surface area contributed by atoms with Gasteiger partial charge in [-0.05, 0) is 24.2 Å². The van der Waals surface area contributed by atoms with Crippen molar-refractivity contribution in [2.24, 2.45) is 0 Å². The Morgan fingerprint density at radius 3 is 2.58 bits per heavy atom. The van der Waals surface area contributed by atoms with E-state index in [2.05, 4.69) is 5.32 Å². The van der Waals surface area contributed by atoms with E-state index in [4.69, 9.17) is 0 Å². The predicted molar refractivity (Wildman–Crippen MR) is 73.3 cm³/mol. The van der Waals surface area contributed by atoms with E-state index in [1.54, 1.807) is 24.3 Å². The molecule has 1 aliphatic heterocycles. The standard InChI is InChI=1S/C14H18F3NS/c15-14(16,17)9-13(11-5-2-1-3-6-11)18-12-7-4-8-19-10-12/h1-3,5-6,12-13,18H,4,7-10H2. The zero-order chi connectivity index (χ0) is 13.7. The molecule has 2 atom stereocenters. The molecule has 0 spiro atoms. The van der Waals surface area contributed by atoms with Crippen molar-refractivity contribution in [3.05, 3.63) is 35.9 Å². The average Bonchev–Trinajstić information content (AvgIpc) is 2.39. The van der Waals surface area contributed by atoms with Gasteiger partial charge in [0.15, 0.2) is 0 Å². The van der Waals surface area contributed by atoms with E-state index in [0.717, 1.165) is 29.9 Å². The Morgan fingerprint density at radius 2 is 2.00 bits per heavy atom. The summed E-state index contributed by atoms with van der Waals surface area (Å²) in [6.45, 7) is 0. The van der Waals surface area contributed by atoms with Crippen molar-refractivity contribution in [2.75, 3.05) is 11.5 Å². The highest BCUT2D eigenvalue weighted by molar-refractivity contribution is 7.99. The molecule has 19 heavy (non-hydrogen) atoms. The van der Waals surface area contributed by atoms with Gasteiger partial charge >= 0.3 is 6.18 Å². The summed E-state index contributed by atoms with van der Waals surface area (Å²) in [5.74, 6) is 2.02. The minimum atomic E-state index is -4.14. The highest BCUT2D eigenvalue weighted by atomic mass is 32.2. The molecular weight excluding hydrogens is 271 g/mol. The van der Waals surface area contributed by atoms with Gasteiger partial charge in [-0.1, -0.05) is 30.3 Å². The van der Waals surface area contributed by atoms with Crippen LogP contribution in [0.3, 0.4) is 0 Å². The molecular formula is C14H18F3NS. The van der Waals surface area contributed by atoms with Crippen LogP contribution in [0.15, 0.2) is 30.3 Å². The number of rotatable bonds is 4. The molecule has 0 aliphatic carbocycles. The van der Waals surface area contributed by atoms with Crippen LogP contribution in [-0.2, 0) is 0 Å². The van der Waals surface area contributed by atoms with Crippen molar-refractivity contribution in [1.29, 1.82) is 0 Å². The smallest absolute Gasteiger partial charge is 0.306 e. The van der Waals surface area contributed by atoms with Crippen LogP contribution in [0.2, 0.25) is 0 Å². The molecule has 0 amide bonds.